The number of ether oxygens (including phenoxy) is 2. The van der Waals surface area contributed by atoms with Crippen molar-refractivity contribution in [2.24, 2.45) is 5.10 Å². The standard InChI is InChI=1S/C24H20ClN3O5/c1-32-21-13-17(11-12-20(21)33-24(31)18-9-5-6-10-19(18)25)15-27-28-23(30)22(29)26-14-16-7-3-2-4-8-16/h2-13,15H,14H2,1H3,(H,26,29)(H,28,30)/b27-15+. The number of carbonyl (C=O) groups is 3. The lowest BCUT2D eigenvalue weighted by Crippen LogP contribution is -2.37. The maximum atomic E-state index is 12.4. The van der Waals surface area contributed by atoms with E-state index in [-0.39, 0.29) is 28.6 Å². The third kappa shape index (κ3) is 6.65. The lowest BCUT2D eigenvalue weighted by Gasteiger charge is -2.10. The number of nitrogens with zero attached hydrogens (tertiary/aromatic N) is 1. The summed E-state index contributed by atoms with van der Waals surface area (Å²) in [7, 11) is 1.42. The Hall–Kier alpha value is -4.17. The average molecular weight is 466 g/mol. The second kappa shape index (κ2) is 11.4. The number of nitrogens with one attached hydrogen (secondary N) is 2. The molecule has 0 radical (unpaired) electrons. The Labute approximate surface area is 195 Å². The molecule has 0 fully saturated rings. The van der Waals surface area contributed by atoms with Crippen LogP contribution in [0.2, 0.25) is 5.02 Å². The molecule has 0 bridgehead atoms. The van der Waals surface area contributed by atoms with Crippen molar-refractivity contribution >= 4 is 35.6 Å². The van der Waals surface area contributed by atoms with Gasteiger partial charge in [-0.1, -0.05) is 54.1 Å². The molecule has 8 nitrogen and oxygen atoms in total. The van der Waals surface area contributed by atoms with Crippen molar-refractivity contribution in [3.8, 4) is 11.5 Å². The fourth-order valence-corrected chi connectivity index (χ4v) is 2.92. The van der Waals surface area contributed by atoms with E-state index in [1.165, 1.54) is 19.4 Å². The molecule has 2 amide bonds. The maximum absolute atomic E-state index is 12.4. The molecule has 3 rings (SSSR count). The molecule has 33 heavy (non-hydrogen) atoms. The van der Waals surface area contributed by atoms with Gasteiger partial charge in [0.05, 0.1) is 23.9 Å². The smallest absolute Gasteiger partial charge is 0.345 e. The van der Waals surface area contributed by atoms with Crippen LogP contribution in [0, 0.1) is 0 Å². The highest BCUT2D eigenvalue weighted by atomic mass is 35.5. The molecule has 0 unspecified atom stereocenters. The molecule has 0 aliphatic heterocycles. The Morgan fingerprint density at radius 1 is 0.939 bits per heavy atom. The molecule has 168 valence electrons. The van der Waals surface area contributed by atoms with Crippen molar-refractivity contribution < 1.29 is 23.9 Å². The fraction of sp³-hybridized carbons (Fsp3) is 0.0833. The summed E-state index contributed by atoms with van der Waals surface area (Å²) in [5.41, 5.74) is 3.78. The van der Waals surface area contributed by atoms with Crippen molar-refractivity contribution in [2.45, 2.75) is 6.54 Å². The zero-order valence-corrected chi connectivity index (χ0v) is 18.3. The molecule has 0 saturated carbocycles. The van der Waals surface area contributed by atoms with Crippen molar-refractivity contribution in [3.05, 3.63) is 94.5 Å². The first-order valence-corrected chi connectivity index (χ1v) is 10.2. The summed E-state index contributed by atoms with van der Waals surface area (Å²) < 4.78 is 10.6. The third-order valence-corrected chi connectivity index (χ3v) is 4.70. The number of halogens is 1. The number of hydrogen-bond donors (Lipinski definition) is 2. The van der Waals surface area contributed by atoms with Crippen LogP contribution in [0.1, 0.15) is 21.5 Å². The number of benzene rings is 3. The fourth-order valence-electron chi connectivity index (χ4n) is 2.71. The SMILES string of the molecule is COc1cc(/C=N/NC(=O)C(=O)NCc2ccccc2)ccc1OC(=O)c1ccccc1Cl. The Bertz CT molecular complexity index is 1180. The van der Waals surface area contributed by atoms with Crippen molar-refractivity contribution in [1.29, 1.82) is 0 Å². The van der Waals surface area contributed by atoms with Gasteiger partial charge in [-0.3, -0.25) is 9.59 Å². The molecule has 0 aliphatic rings. The lowest BCUT2D eigenvalue weighted by atomic mass is 10.2. The van der Waals surface area contributed by atoms with Gasteiger partial charge in [0.2, 0.25) is 0 Å². The summed E-state index contributed by atoms with van der Waals surface area (Å²) in [5.74, 6) is -1.89. The first kappa shape index (κ1) is 23.5. The van der Waals surface area contributed by atoms with E-state index >= 15 is 0 Å². The highest BCUT2D eigenvalue weighted by Gasteiger charge is 2.15. The quantitative estimate of drug-likeness (QED) is 0.183. The highest BCUT2D eigenvalue weighted by Crippen LogP contribution is 2.29. The Morgan fingerprint density at radius 3 is 2.39 bits per heavy atom. The number of esters is 1. The number of hydrazone groups is 1. The van der Waals surface area contributed by atoms with Gasteiger partial charge in [-0.25, -0.2) is 10.2 Å². The zero-order valence-electron chi connectivity index (χ0n) is 17.6. The van der Waals surface area contributed by atoms with Gasteiger partial charge >= 0.3 is 17.8 Å². The van der Waals surface area contributed by atoms with Gasteiger partial charge in [0.15, 0.2) is 11.5 Å². The predicted octanol–water partition coefficient (Wildman–Crippen LogP) is 3.33. The minimum atomic E-state index is -0.903. The van der Waals surface area contributed by atoms with E-state index in [2.05, 4.69) is 15.8 Å². The molecule has 2 N–H and O–H groups in total. The number of amides is 2. The largest absolute Gasteiger partial charge is 0.493 e. The summed E-state index contributed by atoms with van der Waals surface area (Å²) in [4.78, 5) is 36.1. The molecule has 9 heteroatoms. The van der Waals surface area contributed by atoms with E-state index in [0.717, 1.165) is 5.56 Å². The first-order valence-electron chi connectivity index (χ1n) is 9.78. The Morgan fingerprint density at radius 2 is 1.67 bits per heavy atom. The summed E-state index contributed by atoms with van der Waals surface area (Å²) in [6.45, 7) is 0.225. The molecule has 0 saturated heterocycles. The monoisotopic (exact) mass is 465 g/mol. The molecular formula is C24H20ClN3O5. The molecule has 0 heterocycles. The van der Waals surface area contributed by atoms with E-state index in [4.69, 9.17) is 21.1 Å². The summed E-state index contributed by atoms with van der Waals surface area (Å²) >= 11 is 6.03. The highest BCUT2D eigenvalue weighted by molar-refractivity contribution is 6.35. The molecule has 0 atom stereocenters. The lowest BCUT2D eigenvalue weighted by molar-refractivity contribution is -0.139. The second-order valence-corrected chi connectivity index (χ2v) is 7.05. The third-order valence-electron chi connectivity index (χ3n) is 4.37. The minimum Gasteiger partial charge on any atom is -0.493 e. The number of rotatable bonds is 7. The Kier molecular flexibility index (Phi) is 8.15. The molecule has 3 aromatic carbocycles. The summed E-state index contributed by atoms with van der Waals surface area (Å²) in [6.07, 6.45) is 1.32. The van der Waals surface area contributed by atoms with E-state index in [1.807, 2.05) is 30.3 Å². The van der Waals surface area contributed by atoms with Crippen LogP contribution in [0.15, 0.2) is 77.9 Å². The Balaban J connectivity index is 1.57. The first-order chi connectivity index (χ1) is 16.0. The minimum absolute atomic E-state index is 0.184. The van der Waals surface area contributed by atoms with Gasteiger partial charge in [-0.2, -0.15) is 5.10 Å². The van der Waals surface area contributed by atoms with Crippen LogP contribution in [-0.2, 0) is 16.1 Å². The van der Waals surface area contributed by atoms with Gasteiger partial charge in [0.1, 0.15) is 0 Å². The van der Waals surface area contributed by atoms with E-state index < -0.39 is 17.8 Å². The van der Waals surface area contributed by atoms with E-state index in [1.54, 1.807) is 36.4 Å². The van der Waals surface area contributed by atoms with E-state index in [9.17, 15) is 14.4 Å². The molecule has 3 aromatic rings. The van der Waals surface area contributed by atoms with Crippen molar-refractivity contribution in [2.75, 3.05) is 7.11 Å². The maximum Gasteiger partial charge on any atom is 0.345 e. The zero-order chi connectivity index (χ0) is 23.6. The topological polar surface area (TPSA) is 106 Å². The van der Waals surface area contributed by atoms with Crippen molar-refractivity contribution in [1.82, 2.24) is 10.7 Å². The number of hydrogen-bond acceptors (Lipinski definition) is 6. The van der Waals surface area contributed by atoms with Gasteiger partial charge in [-0.15, -0.1) is 0 Å². The van der Waals surface area contributed by atoms with Crippen LogP contribution in [0.3, 0.4) is 0 Å². The predicted molar refractivity (Wildman–Crippen MR) is 123 cm³/mol. The van der Waals surface area contributed by atoms with Gasteiger partial charge in [0.25, 0.3) is 0 Å². The molecular weight excluding hydrogens is 446 g/mol. The van der Waals surface area contributed by atoms with E-state index in [0.29, 0.717) is 5.56 Å². The van der Waals surface area contributed by atoms with Crippen LogP contribution in [0.5, 0.6) is 11.5 Å². The molecule has 0 aliphatic carbocycles. The number of methoxy groups -OCH3 is 1. The number of carbonyl (C=O) groups excluding carboxylic acids is 3. The molecule has 0 spiro atoms. The summed E-state index contributed by atoms with van der Waals surface area (Å²) in [6, 6.07) is 20.4. The van der Waals surface area contributed by atoms with Crippen molar-refractivity contribution in [3.63, 3.8) is 0 Å². The molecule has 0 aromatic heterocycles. The second-order valence-electron chi connectivity index (χ2n) is 6.65. The van der Waals surface area contributed by atoms with Gasteiger partial charge in [0, 0.05) is 6.54 Å². The van der Waals surface area contributed by atoms with Crippen LogP contribution >= 0.6 is 11.6 Å². The van der Waals surface area contributed by atoms with Crippen LogP contribution in [0.25, 0.3) is 0 Å². The average Bonchev–Trinajstić information content (AvgIpc) is 2.84. The van der Waals surface area contributed by atoms with Crippen LogP contribution in [0.4, 0.5) is 0 Å². The van der Waals surface area contributed by atoms with Gasteiger partial charge < -0.3 is 14.8 Å². The normalized spacial score (nSPS) is 10.5. The summed E-state index contributed by atoms with van der Waals surface area (Å²) in [5, 5.41) is 6.55. The van der Waals surface area contributed by atoms with Crippen LogP contribution < -0.4 is 20.2 Å². The van der Waals surface area contributed by atoms with Gasteiger partial charge in [-0.05, 0) is 41.5 Å². The van der Waals surface area contributed by atoms with Crippen LogP contribution in [-0.4, -0.2) is 31.1 Å².